The lowest BCUT2D eigenvalue weighted by Gasteiger charge is -2.31. The molecule has 0 fully saturated rings. The summed E-state index contributed by atoms with van der Waals surface area (Å²) >= 11 is 3.56. The topological polar surface area (TPSA) is 20.3 Å². The van der Waals surface area contributed by atoms with Gasteiger partial charge >= 0.3 is 0 Å². The van der Waals surface area contributed by atoms with Gasteiger partial charge in [0.1, 0.15) is 0 Å². The molecule has 0 N–H and O–H groups in total. The van der Waals surface area contributed by atoms with Gasteiger partial charge in [-0.1, -0.05) is 54.9 Å². The summed E-state index contributed by atoms with van der Waals surface area (Å²) in [5.41, 5.74) is 5.51. The van der Waals surface area contributed by atoms with Crippen LogP contribution in [0.25, 0.3) is 0 Å². The Bertz CT molecular complexity index is 774. The average molecular weight is 372 g/mol. The van der Waals surface area contributed by atoms with Gasteiger partial charge in [-0.05, 0) is 53.6 Å². The van der Waals surface area contributed by atoms with Gasteiger partial charge in [0.25, 0.3) is 5.91 Å². The number of fused-ring (bicyclic) bond motifs is 1. The highest BCUT2D eigenvalue weighted by Gasteiger charge is 2.28. The van der Waals surface area contributed by atoms with Crippen molar-refractivity contribution in [3.8, 4) is 0 Å². The molecule has 0 atom stereocenters. The Morgan fingerprint density at radius 3 is 2.57 bits per heavy atom. The zero-order valence-electron chi connectivity index (χ0n) is 14.1. The number of halogens is 1. The Balaban J connectivity index is 2.00. The van der Waals surface area contributed by atoms with Crippen LogP contribution in [0.15, 0.2) is 40.9 Å². The first-order chi connectivity index (χ1) is 10.8. The zero-order chi connectivity index (χ0) is 16.8. The maximum Gasteiger partial charge on any atom is 0.258 e. The Kier molecular flexibility index (Phi) is 4.09. The molecule has 120 valence electrons. The summed E-state index contributed by atoms with van der Waals surface area (Å²) in [5.74, 6) is 0.105. The fourth-order valence-electron chi connectivity index (χ4n) is 3.07. The molecule has 2 aromatic rings. The molecule has 3 heteroatoms. The molecule has 0 radical (unpaired) electrons. The normalized spacial score (nSPS) is 14.8. The summed E-state index contributed by atoms with van der Waals surface area (Å²) in [6, 6.07) is 12.3. The Morgan fingerprint density at radius 1 is 1.13 bits per heavy atom. The fraction of sp³-hybridized carbons (Fsp3) is 0.350. The highest BCUT2D eigenvalue weighted by molar-refractivity contribution is 9.10. The Morgan fingerprint density at radius 2 is 1.87 bits per heavy atom. The lowest BCUT2D eigenvalue weighted by Crippen LogP contribution is -2.38. The van der Waals surface area contributed by atoms with E-state index in [9.17, 15) is 4.79 Å². The number of carbonyl (C=O) groups is 1. The smallest absolute Gasteiger partial charge is 0.258 e. The van der Waals surface area contributed by atoms with E-state index >= 15 is 0 Å². The Hall–Kier alpha value is -1.61. The van der Waals surface area contributed by atoms with Crippen molar-refractivity contribution in [3.05, 3.63) is 63.1 Å². The van der Waals surface area contributed by atoms with E-state index < -0.39 is 0 Å². The van der Waals surface area contributed by atoms with Crippen LogP contribution in [0.4, 0.5) is 5.69 Å². The van der Waals surface area contributed by atoms with E-state index in [0.717, 1.165) is 34.3 Å². The maximum atomic E-state index is 13.0. The van der Waals surface area contributed by atoms with Crippen LogP contribution in [-0.2, 0) is 11.8 Å². The van der Waals surface area contributed by atoms with Crippen molar-refractivity contribution < 1.29 is 4.79 Å². The number of benzene rings is 2. The molecule has 2 aromatic carbocycles. The summed E-state index contributed by atoms with van der Waals surface area (Å²) in [6.07, 6.45) is 0.900. The number of rotatable bonds is 1. The first-order valence-corrected chi connectivity index (χ1v) is 8.79. The van der Waals surface area contributed by atoms with E-state index in [-0.39, 0.29) is 11.3 Å². The van der Waals surface area contributed by atoms with Gasteiger partial charge in [0.05, 0.1) is 0 Å². The molecular weight excluding hydrogens is 350 g/mol. The third kappa shape index (κ3) is 2.94. The van der Waals surface area contributed by atoms with Crippen molar-refractivity contribution in [3.63, 3.8) is 0 Å². The summed E-state index contributed by atoms with van der Waals surface area (Å²) in [4.78, 5) is 14.9. The van der Waals surface area contributed by atoms with Gasteiger partial charge in [-0.2, -0.15) is 0 Å². The molecule has 23 heavy (non-hydrogen) atoms. The van der Waals surface area contributed by atoms with Crippen LogP contribution in [0.2, 0.25) is 0 Å². The maximum absolute atomic E-state index is 13.0. The quantitative estimate of drug-likeness (QED) is 0.669. The second-order valence-corrected chi connectivity index (χ2v) is 8.07. The molecule has 2 nitrogen and oxygen atoms in total. The summed E-state index contributed by atoms with van der Waals surface area (Å²) in [5, 5.41) is 0. The fourth-order valence-corrected chi connectivity index (χ4v) is 3.43. The highest BCUT2D eigenvalue weighted by atomic mass is 79.9. The van der Waals surface area contributed by atoms with E-state index in [1.807, 2.05) is 36.1 Å². The van der Waals surface area contributed by atoms with E-state index in [4.69, 9.17) is 0 Å². The van der Waals surface area contributed by atoms with E-state index in [1.165, 1.54) is 11.1 Å². The SMILES string of the molecule is Cc1c(Br)cccc1N1CCc2cc(C(C)(C)C)ccc2C1=O. The molecule has 0 unspecified atom stereocenters. The molecule has 1 aliphatic heterocycles. The van der Waals surface area contributed by atoms with Crippen LogP contribution < -0.4 is 4.90 Å². The Labute approximate surface area is 146 Å². The molecule has 1 aliphatic rings. The summed E-state index contributed by atoms with van der Waals surface area (Å²) < 4.78 is 1.04. The molecule has 1 heterocycles. The molecule has 0 saturated carbocycles. The summed E-state index contributed by atoms with van der Waals surface area (Å²) in [6.45, 7) is 9.39. The van der Waals surface area contributed by atoms with Gasteiger partial charge in [-0.3, -0.25) is 4.79 Å². The lowest BCUT2D eigenvalue weighted by molar-refractivity contribution is 0.0980. The van der Waals surface area contributed by atoms with Gasteiger partial charge < -0.3 is 4.90 Å². The molecule has 0 aliphatic carbocycles. The predicted molar refractivity (Wildman–Crippen MR) is 99.4 cm³/mol. The third-order valence-electron chi connectivity index (χ3n) is 4.58. The van der Waals surface area contributed by atoms with Crippen molar-refractivity contribution in [1.29, 1.82) is 0 Å². The van der Waals surface area contributed by atoms with Crippen molar-refractivity contribution in [2.75, 3.05) is 11.4 Å². The van der Waals surface area contributed by atoms with Crippen LogP contribution in [0.3, 0.4) is 0 Å². The van der Waals surface area contributed by atoms with Gasteiger partial charge in [0.15, 0.2) is 0 Å². The minimum atomic E-state index is 0.105. The second kappa shape index (κ2) is 5.79. The number of hydrogen-bond donors (Lipinski definition) is 0. The average Bonchev–Trinajstić information content (AvgIpc) is 2.50. The number of anilines is 1. The molecule has 0 aromatic heterocycles. The monoisotopic (exact) mass is 371 g/mol. The van der Waals surface area contributed by atoms with Crippen LogP contribution >= 0.6 is 15.9 Å². The van der Waals surface area contributed by atoms with Crippen LogP contribution in [-0.4, -0.2) is 12.5 Å². The van der Waals surface area contributed by atoms with E-state index in [2.05, 4.69) is 48.8 Å². The molecular formula is C20H22BrNO. The number of carbonyl (C=O) groups excluding carboxylic acids is 1. The minimum absolute atomic E-state index is 0.105. The molecule has 3 rings (SSSR count). The van der Waals surface area contributed by atoms with Gasteiger partial charge in [0.2, 0.25) is 0 Å². The largest absolute Gasteiger partial charge is 0.308 e. The third-order valence-corrected chi connectivity index (χ3v) is 5.44. The van der Waals surface area contributed by atoms with Crippen molar-refractivity contribution >= 4 is 27.5 Å². The van der Waals surface area contributed by atoms with Crippen LogP contribution in [0.5, 0.6) is 0 Å². The lowest BCUT2D eigenvalue weighted by atomic mass is 9.84. The zero-order valence-corrected chi connectivity index (χ0v) is 15.7. The van der Waals surface area contributed by atoms with Crippen molar-refractivity contribution in [1.82, 2.24) is 0 Å². The highest BCUT2D eigenvalue weighted by Crippen LogP contribution is 2.32. The van der Waals surface area contributed by atoms with E-state index in [0.29, 0.717) is 0 Å². The molecule has 1 amide bonds. The number of hydrogen-bond acceptors (Lipinski definition) is 1. The van der Waals surface area contributed by atoms with Crippen molar-refractivity contribution in [2.24, 2.45) is 0 Å². The number of amides is 1. The van der Waals surface area contributed by atoms with Crippen LogP contribution in [0.1, 0.15) is 47.8 Å². The first-order valence-electron chi connectivity index (χ1n) is 7.99. The minimum Gasteiger partial charge on any atom is -0.308 e. The van der Waals surface area contributed by atoms with Gasteiger partial charge in [0, 0.05) is 22.3 Å². The molecule has 0 bridgehead atoms. The van der Waals surface area contributed by atoms with Crippen molar-refractivity contribution in [2.45, 2.75) is 39.5 Å². The van der Waals surface area contributed by atoms with E-state index in [1.54, 1.807) is 0 Å². The number of nitrogens with zero attached hydrogens (tertiary/aromatic N) is 1. The first kappa shape index (κ1) is 16.3. The molecule has 0 spiro atoms. The van der Waals surface area contributed by atoms with Crippen LogP contribution in [0, 0.1) is 6.92 Å². The predicted octanol–water partition coefficient (Wildman–Crippen LogP) is 5.26. The van der Waals surface area contributed by atoms with Gasteiger partial charge in [-0.15, -0.1) is 0 Å². The molecule has 0 saturated heterocycles. The standard InChI is InChI=1S/C20H22BrNO/c1-13-17(21)6-5-7-18(13)22-11-10-14-12-15(20(2,3)4)8-9-16(14)19(22)23/h5-9,12H,10-11H2,1-4H3. The second-order valence-electron chi connectivity index (χ2n) is 7.21. The van der Waals surface area contributed by atoms with Gasteiger partial charge in [-0.25, -0.2) is 0 Å². The summed E-state index contributed by atoms with van der Waals surface area (Å²) in [7, 11) is 0.